The minimum Gasteiger partial charge on any atom is -0.389 e. The minimum atomic E-state index is -0.425. The van der Waals surface area contributed by atoms with E-state index in [2.05, 4.69) is 32.1 Å². The van der Waals surface area contributed by atoms with Crippen molar-refractivity contribution >= 4 is 51.4 Å². The Bertz CT molecular complexity index is 1220. The molecule has 3 atom stereocenters. The molecular formula is C23H27Cl2N7O2. The van der Waals surface area contributed by atoms with Gasteiger partial charge < -0.3 is 20.1 Å². The SMILES string of the molecule is CC1CN(c2cc3nc(Nc4cnn(C5CC5)c4Cl)ncc3cc2Cl)CCN1C1COC[C@H]1O. The van der Waals surface area contributed by atoms with Gasteiger partial charge in [-0.25, -0.2) is 14.6 Å². The van der Waals surface area contributed by atoms with Gasteiger partial charge in [-0.2, -0.15) is 5.10 Å². The molecule has 1 aliphatic carbocycles. The zero-order valence-corrected chi connectivity index (χ0v) is 20.4. The highest BCUT2D eigenvalue weighted by Gasteiger charge is 2.37. The lowest BCUT2D eigenvalue weighted by Crippen LogP contribution is -2.58. The topological polar surface area (TPSA) is 91.6 Å². The van der Waals surface area contributed by atoms with E-state index in [9.17, 15) is 5.11 Å². The number of benzene rings is 1. The molecule has 2 unspecified atom stereocenters. The van der Waals surface area contributed by atoms with Crippen LogP contribution in [0.1, 0.15) is 25.8 Å². The van der Waals surface area contributed by atoms with Crippen molar-refractivity contribution in [2.45, 2.75) is 44.0 Å². The second-order valence-corrected chi connectivity index (χ2v) is 10.2. The number of nitrogens with one attached hydrogen (secondary N) is 1. The molecule has 3 aliphatic rings. The number of aliphatic hydroxyl groups excluding tert-OH is 1. The lowest BCUT2D eigenvalue weighted by Gasteiger charge is -2.44. The average molecular weight is 504 g/mol. The summed E-state index contributed by atoms with van der Waals surface area (Å²) in [7, 11) is 0. The van der Waals surface area contributed by atoms with Crippen molar-refractivity contribution in [1.29, 1.82) is 0 Å². The molecule has 3 aromatic rings. The molecule has 0 amide bonds. The van der Waals surface area contributed by atoms with E-state index in [-0.39, 0.29) is 12.1 Å². The summed E-state index contributed by atoms with van der Waals surface area (Å²) in [5.74, 6) is 0.464. The van der Waals surface area contributed by atoms with Gasteiger partial charge in [-0.1, -0.05) is 23.2 Å². The van der Waals surface area contributed by atoms with Gasteiger partial charge in [-0.15, -0.1) is 0 Å². The zero-order chi connectivity index (χ0) is 23.4. The van der Waals surface area contributed by atoms with Gasteiger partial charge in [0.25, 0.3) is 0 Å². The minimum absolute atomic E-state index is 0.0571. The first-order valence-electron chi connectivity index (χ1n) is 11.7. The summed E-state index contributed by atoms with van der Waals surface area (Å²) in [6, 6.07) is 4.66. The van der Waals surface area contributed by atoms with Gasteiger partial charge in [0.1, 0.15) is 0 Å². The quantitative estimate of drug-likeness (QED) is 0.546. The largest absolute Gasteiger partial charge is 0.389 e. The van der Waals surface area contributed by atoms with Crippen molar-refractivity contribution in [2.75, 3.05) is 43.1 Å². The number of rotatable bonds is 5. The van der Waals surface area contributed by atoms with E-state index in [4.69, 9.17) is 32.9 Å². The van der Waals surface area contributed by atoms with Gasteiger partial charge in [-0.05, 0) is 31.9 Å². The lowest BCUT2D eigenvalue weighted by molar-refractivity contribution is 0.0525. The van der Waals surface area contributed by atoms with Crippen LogP contribution in [0.4, 0.5) is 17.3 Å². The number of aromatic nitrogens is 4. The maximum atomic E-state index is 10.2. The van der Waals surface area contributed by atoms with E-state index in [1.807, 2.05) is 16.8 Å². The third-order valence-electron chi connectivity index (χ3n) is 6.99. The Morgan fingerprint density at radius 1 is 1.15 bits per heavy atom. The molecule has 2 aromatic heterocycles. The second kappa shape index (κ2) is 8.80. The summed E-state index contributed by atoms with van der Waals surface area (Å²) >= 11 is 13.2. The highest BCUT2D eigenvalue weighted by molar-refractivity contribution is 6.34. The molecule has 1 aromatic carbocycles. The first kappa shape index (κ1) is 22.3. The molecule has 11 heteroatoms. The molecule has 0 bridgehead atoms. The highest BCUT2D eigenvalue weighted by Crippen LogP contribution is 2.39. The van der Waals surface area contributed by atoms with Crippen molar-refractivity contribution in [2.24, 2.45) is 0 Å². The Balaban J connectivity index is 1.22. The number of ether oxygens (including phenoxy) is 1. The number of hydrogen-bond acceptors (Lipinski definition) is 8. The number of piperazine rings is 1. The Labute approximate surface area is 207 Å². The molecule has 2 aliphatic heterocycles. The summed E-state index contributed by atoms with van der Waals surface area (Å²) in [4.78, 5) is 13.8. The van der Waals surface area contributed by atoms with Crippen LogP contribution in [0.25, 0.3) is 10.9 Å². The molecule has 34 heavy (non-hydrogen) atoms. The maximum absolute atomic E-state index is 10.2. The molecule has 9 nitrogen and oxygen atoms in total. The standard InChI is InChI=1S/C23H27Cl2N7O2/c1-13-10-30(4-5-31(13)20-11-34-12-21(20)33)19-7-17-14(6-16(19)24)8-26-23(28-17)29-18-9-27-32(22(18)25)15-2-3-15/h6-9,13,15,20-21,33H,2-5,10-12H2,1H3,(H,26,28,29)/t13?,20?,21-/m1/s1. The van der Waals surface area contributed by atoms with E-state index in [0.717, 1.165) is 49.1 Å². The van der Waals surface area contributed by atoms with Crippen molar-refractivity contribution in [3.05, 3.63) is 34.7 Å². The Kier molecular flexibility index (Phi) is 5.77. The zero-order valence-electron chi connectivity index (χ0n) is 18.9. The van der Waals surface area contributed by atoms with Gasteiger partial charge in [-0.3, -0.25) is 4.90 Å². The van der Waals surface area contributed by atoms with Crippen LogP contribution in [-0.4, -0.2) is 80.8 Å². The molecule has 180 valence electrons. The van der Waals surface area contributed by atoms with Gasteiger partial charge in [0.15, 0.2) is 5.15 Å². The van der Waals surface area contributed by atoms with E-state index in [0.29, 0.717) is 41.1 Å². The highest BCUT2D eigenvalue weighted by atomic mass is 35.5. The Hall–Kier alpha value is -2.17. The molecule has 4 heterocycles. The molecule has 1 saturated carbocycles. The van der Waals surface area contributed by atoms with Crippen molar-refractivity contribution < 1.29 is 9.84 Å². The summed E-state index contributed by atoms with van der Waals surface area (Å²) in [5.41, 5.74) is 2.45. The lowest BCUT2D eigenvalue weighted by atomic mass is 10.1. The number of nitrogens with zero attached hydrogens (tertiary/aromatic N) is 6. The predicted octanol–water partition coefficient (Wildman–Crippen LogP) is 3.48. The summed E-state index contributed by atoms with van der Waals surface area (Å²) in [5, 5.41) is 20.0. The first-order chi connectivity index (χ1) is 16.5. The van der Waals surface area contributed by atoms with Crippen LogP contribution in [0.2, 0.25) is 10.2 Å². The van der Waals surface area contributed by atoms with Crippen LogP contribution in [0.5, 0.6) is 0 Å². The molecule has 3 fully saturated rings. The van der Waals surface area contributed by atoms with Crippen molar-refractivity contribution in [1.82, 2.24) is 24.6 Å². The van der Waals surface area contributed by atoms with Gasteiger partial charge in [0.05, 0.1) is 59.5 Å². The van der Waals surface area contributed by atoms with Crippen LogP contribution in [0, 0.1) is 0 Å². The van der Waals surface area contributed by atoms with Crippen LogP contribution >= 0.6 is 23.2 Å². The number of fused-ring (bicyclic) bond motifs is 1. The Morgan fingerprint density at radius 2 is 2.00 bits per heavy atom. The van der Waals surface area contributed by atoms with Gasteiger partial charge >= 0.3 is 0 Å². The maximum Gasteiger partial charge on any atom is 0.227 e. The molecule has 0 radical (unpaired) electrons. The van der Waals surface area contributed by atoms with Crippen LogP contribution in [0.15, 0.2) is 24.5 Å². The van der Waals surface area contributed by atoms with Crippen LogP contribution < -0.4 is 10.2 Å². The summed E-state index contributed by atoms with van der Waals surface area (Å²) < 4.78 is 7.31. The third-order valence-corrected chi connectivity index (χ3v) is 7.67. The first-order valence-corrected chi connectivity index (χ1v) is 12.5. The molecule has 6 rings (SSSR count). The normalized spacial score (nSPS) is 25.9. The fraction of sp³-hybridized carbons (Fsp3) is 0.522. The second-order valence-electron chi connectivity index (χ2n) is 9.41. The van der Waals surface area contributed by atoms with Gasteiger partial charge in [0, 0.05) is 37.3 Å². The third kappa shape index (κ3) is 4.09. The van der Waals surface area contributed by atoms with Crippen molar-refractivity contribution in [3.63, 3.8) is 0 Å². The number of aliphatic hydroxyl groups is 1. The molecular weight excluding hydrogens is 477 g/mol. The van der Waals surface area contributed by atoms with E-state index in [1.165, 1.54) is 0 Å². The van der Waals surface area contributed by atoms with Crippen LogP contribution in [0.3, 0.4) is 0 Å². The smallest absolute Gasteiger partial charge is 0.227 e. The van der Waals surface area contributed by atoms with E-state index >= 15 is 0 Å². The number of halogens is 2. The average Bonchev–Trinajstić information content (AvgIpc) is 3.48. The van der Waals surface area contributed by atoms with Gasteiger partial charge in [0.2, 0.25) is 5.95 Å². The molecule has 2 saturated heterocycles. The summed E-state index contributed by atoms with van der Waals surface area (Å²) in [6.45, 7) is 5.63. The summed E-state index contributed by atoms with van der Waals surface area (Å²) in [6.07, 6.45) is 5.28. The fourth-order valence-corrected chi connectivity index (χ4v) is 5.57. The molecule has 2 N–H and O–H groups in total. The van der Waals surface area contributed by atoms with E-state index < -0.39 is 6.10 Å². The monoisotopic (exact) mass is 503 g/mol. The molecule has 0 spiro atoms. The number of anilines is 3. The fourth-order valence-electron chi connectivity index (χ4n) is 5.00. The van der Waals surface area contributed by atoms with Crippen molar-refractivity contribution in [3.8, 4) is 0 Å². The predicted molar refractivity (Wildman–Crippen MR) is 132 cm³/mol. The van der Waals surface area contributed by atoms with E-state index in [1.54, 1.807) is 12.4 Å². The van der Waals surface area contributed by atoms with Crippen LogP contribution in [-0.2, 0) is 4.74 Å². The number of hydrogen-bond donors (Lipinski definition) is 2. The Morgan fingerprint density at radius 3 is 2.74 bits per heavy atom.